The van der Waals surface area contributed by atoms with Crippen molar-refractivity contribution >= 4 is 45.9 Å². The van der Waals surface area contributed by atoms with Crippen LogP contribution in [0, 0.1) is 5.82 Å². The Balaban J connectivity index is 1.29. The van der Waals surface area contributed by atoms with Gasteiger partial charge in [-0.05, 0) is 25.1 Å². The number of aromatic amines is 2. The van der Waals surface area contributed by atoms with Crippen molar-refractivity contribution in [1.29, 1.82) is 0 Å². The minimum absolute atomic E-state index is 0.0898. The number of H-pyrrole nitrogens is 2. The fourth-order valence-corrected chi connectivity index (χ4v) is 4.66. The Morgan fingerprint density at radius 1 is 1.19 bits per heavy atom. The van der Waals surface area contributed by atoms with E-state index in [1.165, 1.54) is 22.8 Å². The molecular weight excluding hydrogens is 471 g/mol. The molecule has 0 aliphatic carbocycles. The number of imidazole rings is 1. The highest BCUT2D eigenvalue weighted by atomic mass is 19.1. The highest BCUT2D eigenvalue weighted by molar-refractivity contribution is 6.08. The summed E-state index contributed by atoms with van der Waals surface area (Å²) in [5, 5.41) is 3.17. The second-order valence-corrected chi connectivity index (χ2v) is 8.68. The molecule has 1 fully saturated rings. The molecule has 5 rings (SSSR count). The zero-order valence-electron chi connectivity index (χ0n) is 19.8. The summed E-state index contributed by atoms with van der Waals surface area (Å²) in [5.41, 5.74) is 0.660. The highest BCUT2D eigenvalue weighted by Gasteiger charge is 2.25. The molecule has 4 heterocycles. The van der Waals surface area contributed by atoms with Crippen molar-refractivity contribution in [2.24, 2.45) is 7.05 Å². The predicted molar refractivity (Wildman–Crippen MR) is 132 cm³/mol. The van der Waals surface area contributed by atoms with Crippen LogP contribution in [0.15, 0.2) is 27.8 Å². The number of fused-ring (bicyclic) bond motifs is 2. The number of aldehydes is 1. The van der Waals surface area contributed by atoms with E-state index in [1.807, 2.05) is 16.7 Å². The summed E-state index contributed by atoms with van der Waals surface area (Å²) in [6.07, 6.45) is 0.590. The number of benzene rings is 1. The van der Waals surface area contributed by atoms with Crippen LogP contribution in [0.25, 0.3) is 22.1 Å². The molecule has 1 saturated heterocycles. The van der Waals surface area contributed by atoms with Crippen molar-refractivity contribution in [3.8, 4) is 0 Å². The van der Waals surface area contributed by atoms with Crippen molar-refractivity contribution in [1.82, 2.24) is 29.0 Å². The summed E-state index contributed by atoms with van der Waals surface area (Å²) < 4.78 is 16.8. The van der Waals surface area contributed by atoms with Gasteiger partial charge in [-0.3, -0.25) is 28.8 Å². The van der Waals surface area contributed by atoms with Crippen LogP contribution < -0.4 is 21.5 Å². The average Bonchev–Trinajstić information content (AvgIpc) is 3.42. The molecule has 0 saturated carbocycles. The summed E-state index contributed by atoms with van der Waals surface area (Å²) in [6.45, 7) is 4.71. The standard InChI is InChI=1S/C23H25FN8O4/c1-3-32-19-20(29(2)23(36)28-21(19)35)27-22(32)31-8-6-30(7-9-31)11-17(34)26-18-14-10-13(24)4-5-15(14)25-16(18)12-33/h4-5,10,12,25H,3,6-9,11H2,1-2H3,(H,26,34)(H,28,35,36). The largest absolute Gasteiger partial charge is 0.351 e. The summed E-state index contributed by atoms with van der Waals surface area (Å²) >= 11 is 0. The van der Waals surface area contributed by atoms with Crippen LogP contribution in [0.2, 0.25) is 0 Å². The van der Waals surface area contributed by atoms with Gasteiger partial charge in [0.15, 0.2) is 17.5 Å². The van der Waals surface area contributed by atoms with Crippen LogP contribution >= 0.6 is 0 Å². The Labute approximate surface area is 203 Å². The van der Waals surface area contributed by atoms with E-state index in [2.05, 4.69) is 20.3 Å². The molecule has 36 heavy (non-hydrogen) atoms. The molecule has 1 aliphatic heterocycles. The maximum atomic E-state index is 13.7. The third-order valence-corrected chi connectivity index (χ3v) is 6.50. The number of anilines is 2. The highest BCUT2D eigenvalue weighted by Crippen LogP contribution is 2.28. The summed E-state index contributed by atoms with van der Waals surface area (Å²) in [5.74, 6) is -0.190. The Morgan fingerprint density at radius 2 is 1.94 bits per heavy atom. The van der Waals surface area contributed by atoms with Crippen LogP contribution in [0.1, 0.15) is 17.4 Å². The number of rotatable bonds is 6. The monoisotopic (exact) mass is 496 g/mol. The summed E-state index contributed by atoms with van der Waals surface area (Å²) in [7, 11) is 1.56. The number of carbonyl (C=O) groups excluding carboxylic acids is 2. The number of carbonyl (C=O) groups is 2. The Bertz CT molecular complexity index is 1610. The number of aromatic nitrogens is 5. The van der Waals surface area contributed by atoms with Crippen molar-refractivity contribution in [3.63, 3.8) is 0 Å². The van der Waals surface area contributed by atoms with Crippen molar-refractivity contribution in [3.05, 3.63) is 50.5 Å². The summed E-state index contributed by atoms with van der Waals surface area (Å²) in [4.78, 5) is 62.4. The number of aryl methyl sites for hydroxylation is 2. The molecule has 12 nitrogen and oxygen atoms in total. The SMILES string of the molecule is CCn1c(N2CCN(CC(=O)Nc3c(C=O)[nH]c4ccc(F)cc34)CC2)nc2c1c(=O)[nH]c(=O)n2C. The predicted octanol–water partition coefficient (Wildman–Crippen LogP) is 0.637. The van der Waals surface area contributed by atoms with E-state index in [-0.39, 0.29) is 23.8 Å². The van der Waals surface area contributed by atoms with Gasteiger partial charge in [-0.2, -0.15) is 4.98 Å². The molecular formula is C23H25FN8O4. The lowest BCUT2D eigenvalue weighted by atomic mass is 10.2. The lowest BCUT2D eigenvalue weighted by Crippen LogP contribution is -2.49. The van der Waals surface area contributed by atoms with E-state index < -0.39 is 17.1 Å². The van der Waals surface area contributed by atoms with Gasteiger partial charge >= 0.3 is 5.69 Å². The van der Waals surface area contributed by atoms with Crippen molar-refractivity contribution < 1.29 is 14.0 Å². The quantitative estimate of drug-likeness (QED) is 0.333. The molecule has 0 bridgehead atoms. The molecule has 1 amide bonds. The van der Waals surface area contributed by atoms with Crippen LogP contribution in [0.4, 0.5) is 16.0 Å². The molecule has 1 aliphatic rings. The fraction of sp³-hybridized carbons (Fsp3) is 0.348. The number of hydrogen-bond donors (Lipinski definition) is 3. The molecule has 0 atom stereocenters. The van der Waals surface area contributed by atoms with E-state index in [0.717, 1.165) is 0 Å². The van der Waals surface area contributed by atoms with Crippen LogP contribution in [0.5, 0.6) is 0 Å². The zero-order chi connectivity index (χ0) is 25.6. The average molecular weight is 497 g/mol. The van der Waals surface area contributed by atoms with Gasteiger partial charge in [-0.1, -0.05) is 0 Å². The first-order valence-corrected chi connectivity index (χ1v) is 11.5. The van der Waals surface area contributed by atoms with Gasteiger partial charge in [0.25, 0.3) is 5.56 Å². The van der Waals surface area contributed by atoms with Crippen LogP contribution in [-0.2, 0) is 18.4 Å². The molecule has 3 aromatic heterocycles. The normalized spacial score (nSPS) is 14.6. The topological polar surface area (TPSA) is 141 Å². The van der Waals surface area contributed by atoms with Crippen molar-refractivity contribution in [2.75, 3.05) is 42.9 Å². The second-order valence-electron chi connectivity index (χ2n) is 8.68. The number of piperazine rings is 1. The number of amides is 1. The first-order chi connectivity index (χ1) is 17.3. The maximum Gasteiger partial charge on any atom is 0.329 e. The third-order valence-electron chi connectivity index (χ3n) is 6.50. The summed E-state index contributed by atoms with van der Waals surface area (Å²) in [6, 6.07) is 4.07. The van der Waals surface area contributed by atoms with Gasteiger partial charge in [0.1, 0.15) is 11.5 Å². The third kappa shape index (κ3) is 3.96. The molecule has 4 aromatic rings. The Kier molecular flexibility index (Phi) is 5.92. The molecule has 13 heteroatoms. The lowest BCUT2D eigenvalue weighted by Gasteiger charge is -2.35. The smallest absolute Gasteiger partial charge is 0.329 e. The van der Waals surface area contributed by atoms with E-state index in [0.29, 0.717) is 67.0 Å². The minimum Gasteiger partial charge on any atom is -0.351 e. The van der Waals surface area contributed by atoms with E-state index in [9.17, 15) is 23.6 Å². The van der Waals surface area contributed by atoms with Gasteiger partial charge < -0.3 is 19.8 Å². The zero-order valence-corrected chi connectivity index (χ0v) is 19.8. The number of nitrogens with zero attached hydrogens (tertiary/aromatic N) is 5. The molecule has 0 spiro atoms. The number of halogens is 1. The first-order valence-electron chi connectivity index (χ1n) is 11.5. The lowest BCUT2D eigenvalue weighted by molar-refractivity contribution is -0.117. The van der Waals surface area contributed by atoms with Gasteiger partial charge in [0.05, 0.1) is 12.2 Å². The number of hydrogen-bond acceptors (Lipinski definition) is 7. The molecule has 0 unspecified atom stereocenters. The van der Waals surface area contributed by atoms with Crippen molar-refractivity contribution in [2.45, 2.75) is 13.5 Å². The van der Waals surface area contributed by atoms with E-state index >= 15 is 0 Å². The first kappa shape index (κ1) is 23.5. The van der Waals surface area contributed by atoms with Gasteiger partial charge in [-0.15, -0.1) is 0 Å². The molecule has 188 valence electrons. The minimum atomic E-state index is -0.522. The Morgan fingerprint density at radius 3 is 2.64 bits per heavy atom. The van der Waals surface area contributed by atoms with Crippen LogP contribution in [0.3, 0.4) is 0 Å². The van der Waals surface area contributed by atoms with Gasteiger partial charge in [0.2, 0.25) is 11.9 Å². The molecule has 1 aromatic carbocycles. The molecule has 0 radical (unpaired) electrons. The second kappa shape index (κ2) is 9.07. The van der Waals surface area contributed by atoms with E-state index in [4.69, 9.17) is 0 Å². The van der Waals surface area contributed by atoms with Gasteiger partial charge in [-0.25, -0.2) is 9.18 Å². The maximum absolute atomic E-state index is 13.7. The van der Waals surface area contributed by atoms with E-state index in [1.54, 1.807) is 11.6 Å². The van der Waals surface area contributed by atoms with Gasteiger partial charge in [0, 0.05) is 50.7 Å². The fourth-order valence-electron chi connectivity index (χ4n) is 4.66. The van der Waals surface area contributed by atoms with Crippen LogP contribution in [-0.4, -0.2) is 73.9 Å². The molecule has 3 N–H and O–H groups in total. The number of nitrogens with one attached hydrogen (secondary N) is 3. The Hall–Kier alpha value is -4.26.